The van der Waals surface area contributed by atoms with Gasteiger partial charge in [0.15, 0.2) is 5.78 Å². The van der Waals surface area contributed by atoms with Gasteiger partial charge in [-0.05, 0) is 30.5 Å². The van der Waals surface area contributed by atoms with Crippen molar-refractivity contribution < 1.29 is 17.4 Å². The molecule has 18 heavy (non-hydrogen) atoms. The van der Waals surface area contributed by atoms with Crippen LogP contribution in [-0.4, -0.2) is 20.8 Å². The van der Waals surface area contributed by atoms with Crippen LogP contribution in [-0.2, 0) is 19.1 Å². The van der Waals surface area contributed by atoms with Crippen molar-refractivity contribution >= 4 is 15.9 Å². The van der Waals surface area contributed by atoms with Gasteiger partial charge in [0.05, 0.1) is 4.90 Å². The van der Waals surface area contributed by atoms with Crippen LogP contribution in [0.2, 0.25) is 0 Å². The van der Waals surface area contributed by atoms with Crippen molar-refractivity contribution in [2.75, 3.05) is 6.61 Å². The van der Waals surface area contributed by atoms with E-state index < -0.39 is 16.7 Å². The first-order valence-electron chi connectivity index (χ1n) is 5.79. The van der Waals surface area contributed by atoms with Crippen LogP contribution in [0.3, 0.4) is 0 Å². The van der Waals surface area contributed by atoms with Crippen LogP contribution in [0.25, 0.3) is 0 Å². The minimum atomic E-state index is -3.83. The largest absolute Gasteiger partial charge is 0.297 e. The SMILES string of the molecule is Cc1cccc(S(=O)(=O)OCC(=O)CC(C)C)c1. The second kappa shape index (κ2) is 6.11. The molecular formula is C13H18O4S. The first-order valence-corrected chi connectivity index (χ1v) is 7.20. The van der Waals surface area contributed by atoms with E-state index in [1.165, 1.54) is 12.1 Å². The average Bonchev–Trinajstić information content (AvgIpc) is 2.26. The van der Waals surface area contributed by atoms with Crippen molar-refractivity contribution in [2.45, 2.75) is 32.1 Å². The zero-order chi connectivity index (χ0) is 13.8. The lowest BCUT2D eigenvalue weighted by atomic mass is 10.1. The molecule has 1 rings (SSSR count). The monoisotopic (exact) mass is 270 g/mol. The maximum Gasteiger partial charge on any atom is 0.297 e. The number of benzene rings is 1. The van der Waals surface area contributed by atoms with Gasteiger partial charge in [0.2, 0.25) is 0 Å². The van der Waals surface area contributed by atoms with Gasteiger partial charge in [-0.15, -0.1) is 0 Å². The molecule has 0 heterocycles. The summed E-state index contributed by atoms with van der Waals surface area (Å²) in [6, 6.07) is 6.40. The Hall–Kier alpha value is -1.20. The molecule has 0 saturated heterocycles. The van der Waals surface area contributed by atoms with Crippen molar-refractivity contribution in [1.29, 1.82) is 0 Å². The number of rotatable bonds is 6. The summed E-state index contributed by atoms with van der Waals surface area (Å²) >= 11 is 0. The van der Waals surface area contributed by atoms with E-state index in [9.17, 15) is 13.2 Å². The predicted octanol–water partition coefficient (Wildman–Crippen LogP) is 2.32. The molecular weight excluding hydrogens is 252 g/mol. The molecule has 5 heteroatoms. The molecule has 1 aromatic rings. The lowest BCUT2D eigenvalue weighted by molar-refractivity contribution is -0.121. The van der Waals surface area contributed by atoms with Crippen LogP contribution in [0.5, 0.6) is 0 Å². The molecule has 0 aliphatic carbocycles. The lowest BCUT2D eigenvalue weighted by Gasteiger charge is -2.07. The second-order valence-corrected chi connectivity index (χ2v) is 6.28. The highest BCUT2D eigenvalue weighted by Crippen LogP contribution is 2.14. The summed E-state index contributed by atoms with van der Waals surface area (Å²) in [6.07, 6.45) is 0.323. The third-order valence-electron chi connectivity index (χ3n) is 2.29. The highest BCUT2D eigenvalue weighted by atomic mass is 32.2. The molecule has 0 bridgehead atoms. The van der Waals surface area contributed by atoms with Gasteiger partial charge in [0.1, 0.15) is 6.61 Å². The molecule has 0 N–H and O–H groups in total. The predicted molar refractivity (Wildman–Crippen MR) is 68.8 cm³/mol. The van der Waals surface area contributed by atoms with Crippen molar-refractivity contribution in [2.24, 2.45) is 5.92 Å². The third kappa shape index (κ3) is 4.58. The Morgan fingerprint density at radius 2 is 2.00 bits per heavy atom. The summed E-state index contributed by atoms with van der Waals surface area (Å²) in [5.74, 6) is -0.0102. The van der Waals surface area contributed by atoms with Crippen LogP contribution in [0.15, 0.2) is 29.2 Å². The minimum Gasteiger partial charge on any atom is -0.297 e. The minimum absolute atomic E-state index is 0.0832. The van der Waals surface area contributed by atoms with E-state index >= 15 is 0 Å². The van der Waals surface area contributed by atoms with Gasteiger partial charge in [-0.25, -0.2) is 0 Å². The molecule has 4 nitrogen and oxygen atoms in total. The number of Topliss-reactive ketones (excluding diaryl/α,β-unsaturated/α-hetero) is 1. The molecule has 0 aliphatic rings. The van der Waals surface area contributed by atoms with Gasteiger partial charge in [-0.2, -0.15) is 8.42 Å². The second-order valence-electron chi connectivity index (χ2n) is 4.67. The standard InChI is InChI=1S/C13H18O4S/c1-10(2)7-12(14)9-17-18(15,16)13-6-4-5-11(3)8-13/h4-6,8,10H,7,9H2,1-3H3. The van der Waals surface area contributed by atoms with E-state index in [0.29, 0.717) is 6.42 Å². The van der Waals surface area contributed by atoms with Gasteiger partial charge < -0.3 is 0 Å². The van der Waals surface area contributed by atoms with E-state index in [0.717, 1.165) is 5.56 Å². The molecule has 0 aliphatic heterocycles. The normalized spacial score (nSPS) is 11.8. The van der Waals surface area contributed by atoms with Crippen LogP contribution in [0.4, 0.5) is 0 Å². The topological polar surface area (TPSA) is 60.4 Å². The highest BCUT2D eigenvalue weighted by molar-refractivity contribution is 7.86. The van der Waals surface area contributed by atoms with Crippen molar-refractivity contribution in [3.05, 3.63) is 29.8 Å². The van der Waals surface area contributed by atoms with Crippen LogP contribution < -0.4 is 0 Å². The Balaban J connectivity index is 2.69. The van der Waals surface area contributed by atoms with E-state index in [4.69, 9.17) is 4.18 Å². The Morgan fingerprint density at radius 1 is 1.33 bits per heavy atom. The summed E-state index contributed by atoms with van der Waals surface area (Å²) in [7, 11) is -3.83. The Bertz CT molecular complexity index is 518. The summed E-state index contributed by atoms with van der Waals surface area (Å²) < 4.78 is 28.4. The smallest absolute Gasteiger partial charge is 0.297 e. The molecule has 0 radical (unpaired) electrons. The van der Waals surface area contributed by atoms with E-state index in [2.05, 4.69) is 0 Å². The molecule has 1 aromatic carbocycles. The molecule has 100 valence electrons. The number of hydrogen-bond donors (Lipinski definition) is 0. The molecule has 0 amide bonds. The Kier molecular flexibility index (Phi) is 5.04. The van der Waals surface area contributed by atoms with E-state index in [1.54, 1.807) is 19.1 Å². The third-order valence-corrected chi connectivity index (χ3v) is 3.55. The van der Waals surface area contributed by atoms with Gasteiger partial charge >= 0.3 is 0 Å². The Morgan fingerprint density at radius 3 is 2.56 bits per heavy atom. The summed E-state index contributed by atoms with van der Waals surface area (Å²) in [5.41, 5.74) is 0.827. The first-order chi connectivity index (χ1) is 8.31. The maximum atomic E-state index is 11.8. The highest BCUT2D eigenvalue weighted by Gasteiger charge is 2.17. The number of carbonyl (C=O) groups excluding carboxylic acids is 1. The Labute approximate surface area is 108 Å². The van der Waals surface area contributed by atoms with Crippen molar-refractivity contribution in [3.63, 3.8) is 0 Å². The van der Waals surface area contributed by atoms with Gasteiger partial charge in [0.25, 0.3) is 10.1 Å². The first kappa shape index (κ1) is 14.9. The van der Waals surface area contributed by atoms with Gasteiger partial charge in [0, 0.05) is 6.42 Å². The molecule has 0 saturated carbocycles. The fourth-order valence-corrected chi connectivity index (χ4v) is 2.49. The summed E-state index contributed by atoms with van der Waals surface area (Å²) in [6.45, 7) is 5.19. The van der Waals surface area contributed by atoms with Crippen LogP contribution in [0.1, 0.15) is 25.8 Å². The molecule has 0 atom stereocenters. The van der Waals surface area contributed by atoms with Crippen LogP contribution in [0, 0.1) is 12.8 Å². The molecule has 0 spiro atoms. The molecule has 0 fully saturated rings. The van der Waals surface area contributed by atoms with Crippen LogP contribution >= 0.6 is 0 Å². The lowest BCUT2D eigenvalue weighted by Crippen LogP contribution is -2.16. The number of hydrogen-bond acceptors (Lipinski definition) is 4. The number of ketones is 1. The van der Waals surface area contributed by atoms with Gasteiger partial charge in [-0.3, -0.25) is 8.98 Å². The molecule has 0 aromatic heterocycles. The van der Waals surface area contributed by atoms with Crippen molar-refractivity contribution in [1.82, 2.24) is 0 Å². The fourth-order valence-electron chi connectivity index (χ4n) is 1.50. The molecule has 0 unspecified atom stereocenters. The quantitative estimate of drug-likeness (QED) is 0.744. The number of aryl methyl sites for hydroxylation is 1. The van der Waals surface area contributed by atoms with Gasteiger partial charge in [-0.1, -0.05) is 26.0 Å². The fraction of sp³-hybridized carbons (Fsp3) is 0.462. The van der Waals surface area contributed by atoms with E-state index in [1.807, 2.05) is 13.8 Å². The zero-order valence-corrected chi connectivity index (χ0v) is 11.7. The summed E-state index contributed by atoms with van der Waals surface area (Å²) in [5, 5.41) is 0. The average molecular weight is 270 g/mol. The zero-order valence-electron chi connectivity index (χ0n) is 10.8. The summed E-state index contributed by atoms with van der Waals surface area (Å²) in [4.78, 5) is 11.5. The van der Waals surface area contributed by atoms with E-state index in [-0.39, 0.29) is 16.6 Å². The van der Waals surface area contributed by atoms with Crippen molar-refractivity contribution in [3.8, 4) is 0 Å². The number of carbonyl (C=O) groups is 1. The maximum absolute atomic E-state index is 11.8.